The average Bonchev–Trinajstić information content (AvgIpc) is 2.62. The fraction of sp³-hybridized carbons (Fsp3) is 0.909. The van der Waals surface area contributed by atoms with Crippen LogP contribution in [0, 0.1) is 5.92 Å². The summed E-state index contributed by atoms with van der Waals surface area (Å²) in [5.41, 5.74) is -0.0461. The van der Waals surface area contributed by atoms with Gasteiger partial charge in [-0.1, -0.05) is 0 Å². The van der Waals surface area contributed by atoms with Crippen LogP contribution in [-0.4, -0.2) is 37.9 Å². The molecule has 0 aromatic carbocycles. The van der Waals surface area contributed by atoms with Crippen molar-refractivity contribution < 1.29 is 14.3 Å². The monoisotopic (exact) mass is 215 g/mol. The quantitative estimate of drug-likeness (QED) is 0.709. The lowest BCUT2D eigenvalue weighted by Crippen LogP contribution is -2.40. The molecule has 1 saturated heterocycles. The van der Waals surface area contributed by atoms with Crippen LogP contribution in [0.4, 0.5) is 0 Å². The zero-order valence-electron chi connectivity index (χ0n) is 9.84. The SMILES string of the molecule is CC(C)(C)NCC(=O)OCC1CCOC1. The number of rotatable bonds is 4. The van der Waals surface area contributed by atoms with Gasteiger partial charge in [-0.15, -0.1) is 0 Å². The maximum absolute atomic E-state index is 11.3. The van der Waals surface area contributed by atoms with Gasteiger partial charge in [0.1, 0.15) is 0 Å². The molecule has 1 unspecified atom stereocenters. The van der Waals surface area contributed by atoms with E-state index in [1.54, 1.807) is 0 Å². The van der Waals surface area contributed by atoms with Crippen molar-refractivity contribution >= 4 is 5.97 Å². The summed E-state index contributed by atoms with van der Waals surface area (Å²) in [6.45, 7) is 8.34. The van der Waals surface area contributed by atoms with Gasteiger partial charge in [0.15, 0.2) is 0 Å². The summed E-state index contributed by atoms with van der Waals surface area (Å²) < 4.78 is 10.3. The van der Waals surface area contributed by atoms with Gasteiger partial charge in [-0.3, -0.25) is 4.79 Å². The highest BCUT2D eigenvalue weighted by Crippen LogP contribution is 2.12. The van der Waals surface area contributed by atoms with E-state index in [1.165, 1.54) is 0 Å². The van der Waals surface area contributed by atoms with Crippen LogP contribution in [0.15, 0.2) is 0 Å². The van der Waals surface area contributed by atoms with E-state index >= 15 is 0 Å². The van der Waals surface area contributed by atoms with Crippen molar-refractivity contribution in [2.75, 3.05) is 26.4 Å². The van der Waals surface area contributed by atoms with Crippen LogP contribution in [0.25, 0.3) is 0 Å². The number of nitrogens with one attached hydrogen (secondary N) is 1. The Morgan fingerprint density at radius 2 is 2.27 bits per heavy atom. The van der Waals surface area contributed by atoms with Crippen LogP contribution in [0.5, 0.6) is 0 Å². The van der Waals surface area contributed by atoms with E-state index in [4.69, 9.17) is 9.47 Å². The van der Waals surface area contributed by atoms with Crippen LogP contribution in [-0.2, 0) is 14.3 Å². The molecule has 1 aliphatic heterocycles. The number of carbonyl (C=O) groups is 1. The van der Waals surface area contributed by atoms with Crippen molar-refractivity contribution in [1.29, 1.82) is 0 Å². The van der Waals surface area contributed by atoms with Gasteiger partial charge < -0.3 is 14.8 Å². The van der Waals surface area contributed by atoms with Gasteiger partial charge >= 0.3 is 5.97 Å². The first kappa shape index (κ1) is 12.5. The van der Waals surface area contributed by atoms with Gasteiger partial charge in [0, 0.05) is 18.1 Å². The molecule has 1 aliphatic rings. The maximum atomic E-state index is 11.3. The molecule has 0 saturated carbocycles. The second-order valence-corrected chi connectivity index (χ2v) is 5.02. The number of esters is 1. The van der Waals surface area contributed by atoms with Gasteiger partial charge in [-0.05, 0) is 27.2 Å². The minimum atomic E-state index is -0.183. The van der Waals surface area contributed by atoms with E-state index in [9.17, 15) is 4.79 Å². The fourth-order valence-electron chi connectivity index (χ4n) is 1.31. The third-order valence-corrected chi connectivity index (χ3v) is 2.27. The lowest BCUT2D eigenvalue weighted by molar-refractivity contribution is -0.144. The zero-order valence-corrected chi connectivity index (χ0v) is 9.84. The molecule has 1 atom stereocenters. The average molecular weight is 215 g/mol. The smallest absolute Gasteiger partial charge is 0.319 e. The molecule has 1 heterocycles. The van der Waals surface area contributed by atoms with Crippen molar-refractivity contribution in [1.82, 2.24) is 5.32 Å². The Morgan fingerprint density at radius 1 is 1.53 bits per heavy atom. The molecular weight excluding hydrogens is 194 g/mol. The summed E-state index contributed by atoms with van der Waals surface area (Å²) in [4.78, 5) is 11.3. The molecule has 0 aromatic heterocycles. The first-order valence-electron chi connectivity index (χ1n) is 5.46. The Bertz CT molecular complexity index is 204. The minimum absolute atomic E-state index is 0.0461. The van der Waals surface area contributed by atoms with Gasteiger partial charge in [0.05, 0.1) is 19.8 Å². The van der Waals surface area contributed by atoms with Crippen molar-refractivity contribution in [2.24, 2.45) is 5.92 Å². The molecule has 0 bridgehead atoms. The normalized spacial score (nSPS) is 21.7. The van der Waals surface area contributed by atoms with Crippen LogP contribution in [0.3, 0.4) is 0 Å². The van der Waals surface area contributed by atoms with Crippen molar-refractivity contribution in [3.63, 3.8) is 0 Å². The van der Waals surface area contributed by atoms with E-state index in [0.29, 0.717) is 12.5 Å². The Morgan fingerprint density at radius 3 is 2.80 bits per heavy atom. The number of carbonyl (C=O) groups excluding carboxylic acids is 1. The van der Waals surface area contributed by atoms with E-state index in [2.05, 4.69) is 5.32 Å². The first-order valence-corrected chi connectivity index (χ1v) is 5.46. The lowest BCUT2D eigenvalue weighted by Gasteiger charge is -2.20. The maximum Gasteiger partial charge on any atom is 0.319 e. The van der Waals surface area contributed by atoms with Crippen LogP contribution in [0.2, 0.25) is 0 Å². The van der Waals surface area contributed by atoms with Gasteiger partial charge in [0.25, 0.3) is 0 Å². The van der Waals surface area contributed by atoms with Gasteiger partial charge in [0.2, 0.25) is 0 Å². The lowest BCUT2D eigenvalue weighted by atomic mass is 10.1. The Kier molecular flexibility index (Phi) is 4.54. The summed E-state index contributed by atoms with van der Waals surface area (Å²) in [6.07, 6.45) is 1.000. The molecule has 0 aliphatic carbocycles. The third kappa shape index (κ3) is 5.74. The van der Waals surface area contributed by atoms with E-state index in [0.717, 1.165) is 19.6 Å². The largest absolute Gasteiger partial charge is 0.464 e. The molecule has 88 valence electrons. The summed E-state index contributed by atoms with van der Waals surface area (Å²) in [7, 11) is 0. The standard InChI is InChI=1S/C11H21NO3/c1-11(2,3)12-6-10(13)15-8-9-4-5-14-7-9/h9,12H,4-8H2,1-3H3. The molecule has 1 rings (SSSR count). The van der Waals surface area contributed by atoms with Gasteiger partial charge in [-0.2, -0.15) is 0 Å². The minimum Gasteiger partial charge on any atom is -0.464 e. The molecule has 1 fully saturated rings. The molecule has 15 heavy (non-hydrogen) atoms. The summed E-state index contributed by atoms with van der Waals surface area (Å²) in [5, 5.41) is 3.09. The highest BCUT2D eigenvalue weighted by Gasteiger charge is 2.18. The predicted octanol–water partition coefficient (Wildman–Crippen LogP) is 0.954. The molecule has 4 nitrogen and oxygen atoms in total. The Hall–Kier alpha value is -0.610. The molecule has 0 amide bonds. The summed E-state index contributed by atoms with van der Waals surface area (Å²) >= 11 is 0. The Balaban J connectivity index is 2.08. The van der Waals surface area contributed by atoms with Crippen LogP contribution in [0.1, 0.15) is 27.2 Å². The number of hydrogen-bond donors (Lipinski definition) is 1. The van der Waals surface area contributed by atoms with E-state index < -0.39 is 0 Å². The van der Waals surface area contributed by atoms with Crippen LogP contribution >= 0.6 is 0 Å². The molecule has 0 spiro atoms. The topological polar surface area (TPSA) is 47.6 Å². The van der Waals surface area contributed by atoms with Crippen molar-refractivity contribution in [3.8, 4) is 0 Å². The molecule has 4 heteroatoms. The van der Waals surface area contributed by atoms with Crippen molar-refractivity contribution in [2.45, 2.75) is 32.7 Å². The fourth-order valence-corrected chi connectivity index (χ4v) is 1.31. The zero-order chi connectivity index (χ0) is 11.3. The number of hydrogen-bond acceptors (Lipinski definition) is 4. The van der Waals surface area contributed by atoms with E-state index in [-0.39, 0.29) is 18.1 Å². The number of ether oxygens (including phenoxy) is 2. The molecule has 0 radical (unpaired) electrons. The second-order valence-electron chi connectivity index (χ2n) is 5.02. The Labute approximate surface area is 91.3 Å². The molecular formula is C11H21NO3. The first-order chi connectivity index (χ1) is 6.97. The second kappa shape index (κ2) is 5.47. The van der Waals surface area contributed by atoms with Crippen molar-refractivity contribution in [3.05, 3.63) is 0 Å². The summed E-state index contributed by atoms with van der Waals surface area (Å²) in [6, 6.07) is 0. The van der Waals surface area contributed by atoms with Gasteiger partial charge in [-0.25, -0.2) is 0 Å². The predicted molar refractivity (Wildman–Crippen MR) is 57.6 cm³/mol. The van der Waals surface area contributed by atoms with Crippen LogP contribution < -0.4 is 5.32 Å². The highest BCUT2D eigenvalue weighted by molar-refractivity contribution is 5.71. The summed E-state index contributed by atoms with van der Waals surface area (Å²) in [5.74, 6) is 0.209. The third-order valence-electron chi connectivity index (χ3n) is 2.27. The van der Waals surface area contributed by atoms with E-state index in [1.807, 2.05) is 20.8 Å². The molecule has 1 N–H and O–H groups in total. The highest BCUT2D eigenvalue weighted by atomic mass is 16.5. The molecule has 0 aromatic rings.